The third kappa shape index (κ3) is 5.88. The first-order valence-corrected chi connectivity index (χ1v) is 10.7. The third-order valence-corrected chi connectivity index (χ3v) is 5.89. The van der Waals surface area contributed by atoms with E-state index < -0.39 is 0 Å². The monoisotopic (exact) mass is 429 g/mol. The highest BCUT2D eigenvalue weighted by atomic mass is 35.5. The summed E-state index contributed by atoms with van der Waals surface area (Å²) >= 11 is 6.00. The van der Waals surface area contributed by atoms with Gasteiger partial charge in [0.25, 0.3) is 0 Å². The molecule has 2 N–H and O–H groups in total. The molecule has 1 aliphatic heterocycles. The van der Waals surface area contributed by atoms with Crippen LogP contribution in [0.1, 0.15) is 15.9 Å². The molecule has 0 saturated carbocycles. The summed E-state index contributed by atoms with van der Waals surface area (Å²) in [5, 5.41) is 0.756. The van der Waals surface area contributed by atoms with Gasteiger partial charge >= 0.3 is 0 Å². The zero-order valence-corrected chi connectivity index (χ0v) is 18.9. The fraction of sp³-hybridized carbons (Fsp3) is 0.435. The quantitative estimate of drug-likeness (QED) is 0.699. The number of nitrogens with two attached hydrogens (primary N) is 1. The van der Waals surface area contributed by atoms with Crippen LogP contribution in [0.15, 0.2) is 42.5 Å². The van der Waals surface area contributed by atoms with E-state index in [1.807, 2.05) is 24.3 Å². The highest BCUT2D eigenvalue weighted by Gasteiger charge is 2.20. The molecule has 0 spiro atoms. The second kappa shape index (κ2) is 10.2. The molecule has 0 aromatic heterocycles. The van der Waals surface area contributed by atoms with Crippen molar-refractivity contribution < 1.29 is 4.79 Å². The lowest BCUT2D eigenvalue weighted by Crippen LogP contribution is -2.46. The number of nitrogens with zero attached hydrogens (tertiary/aromatic N) is 4. The van der Waals surface area contributed by atoms with Crippen LogP contribution in [0.5, 0.6) is 0 Å². The van der Waals surface area contributed by atoms with Crippen molar-refractivity contribution in [2.24, 2.45) is 5.73 Å². The van der Waals surface area contributed by atoms with Crippen LogP contribution in [0.25, 0.3) is 0 Å². The lowest BCUT2D eigenvalue weighted by Gasteiger charge is -2.36. The van der Waals surface area contributed by atoms with Gasteiger partial charge in [-0.3, -0.25) is 9.69 Å². The molecule has 2 aromatic rings. The van der Waals surface area contributed by atoms with Crippen LogP contribution in [0.4, 0.5) is 11.4 Å². The Morgan fingerprint density at radius 2 is 1.67 bits per heavy atom. The maximum absolute atomic E-state index is 12.0. The Bertz CT molecular complexity index is 847. The number of halogens is 1. The minimum atomic E-state index is -0.368. The van der Waals surface area contributed by atoms with E-state index in [0.29, 0.717) is 5.56 Å². The number of rotatable bonds is 8. The standard InChI is InChI=1S/C23H32ClN5O/c1-26(2)10-11-27(3)21-8-9-22(23(25)30)18(16-21)17-28-12-14-29(15-13-28)20-6-4-19(24)5-7-20/h4-9,16H,10-15,17H2,1-3H3,(H2,25,30). The van der Waals surface area contributed by atoms with Crippen LogP contribution in [0.2, 0.25) is 5.02 Å². The van der Waals surface area contributed by atoms with Gasteiger partial charge in [-0.05, 0) is 62.1 Å². The van der Waals surface area contributed by atoms with Crippen molar-refractivity contribution in [2.45, 2.75) is 6.54 Å². The van der Waals surface area contributed by atoms with Gasteiger partial charge < -0.3 is 20.4 Å². The van der Waals surface area contributed by atoms with Crippen molar-refractivity contribution in [3.8, 4) is 0 Å². The molecule has 6 nitrogen and oxygen atoms in total. The average Bonchev–Trinajstić information content (AvgIpc) is 2.73. The van der Waals surface area contributed by atoms with Crippen LogP contribution in [-0.4, -0.2) is 76.1 Å². The van der Waals surface area contributed by atoms with Gasteiger partial charge in [-0.25, -0.2) is 0 Å². The smallest absolute Gasteiger partial charge is 0.249 e. The number of carbonyl (C=O) groups excluding carboxylic acids is 1. The van der Waals surface area contributed by atoms with Crippen LogP contribution in [0.3, 0.4) is 0 Å². The molecule has 0 aliphatic carbocycles. The second-order valence-electron chi connectivity index (χ2n) is 8.17. The lowest BCUT2D eigenvalue weighted by molar-refractivity contribution is 0.0998. The van der Waals surface area contributed by atoms with E-state index in [-0.39, 0.29) is 5.91 Å². The zero-order valence-electron chi connectivity index (χ0n) is 18.1. The summed E-state index contributed by atoms with van der Waals surface area (Å²) in [6.07, 6.45) is 0. The predicted molar refractivity (Wildman–Crippen MR) is 126 cm³/mol. The maximum Gasteiger partial charge on any atom is 0.249 e. The Balaban J connectivity index is 1.66. The number of benzene rings is 2. The van der Waals surface area contributed by atoms with Gasteiger partial charge in [0.2, 0.25) is 5.91 Å². The maximum atomic E-state index is 12.0. The molecule has 0 radical (unpaired) electrons. The van der Waals surface area contributed by atoms with Crippen molar-refractivity contribution in [2.75, 3.05) is 70.2 Å². The normalized spacial score (nSPS) is 14.9. The Labute approximate surface area is 184 Å². The van der Waals surface area contributed by atoms with Crippen LogP contribution < -0.4 is 15.5 Å². The molecule has 0 unspecified atom stereocenters. The van der Waals surface area contributed by atoms with E-state index in [1.54, 1.807) is 0 Å². The summed E-state index contributed by atoms with van der Waals surface area (Å²) in [7, 11) is 6.22. The minimum Gasteiger partial charge on any atom is -0.373 e. The highest BCUT2D eigenvalue weighted by Crippen LogP contribution is 2.23. The first-order chi connectivity index (χ1) is 14.3. The number of hydrogen-bond acceptors (Lipinski definition) is 5. The average molecular weight is 430 g/mol. The fourth-order valence-electron chi connectivity index (χ4n) is 3.72. The molecule has 0 bridgehead atoms. The number of amides is 1. The molecule has 1 amide bonds. The van der Waals surface area contributed by atoms with E-state index in [9.17, 15) is 4.79 Å². The van der Waals surface area contributed by atoms with Crippen molar-refractivity contribution in [3.63, 3.8) is 0 Å². The van der Waals surface area contributed by atoms with Gasteiger partial charge in [0.15, 0.2) is 0 Å². The largest absolute Gasteiger partial charge is 0.373 e. The Morgan fingerprint density at radius 3 is 2.27 bits per heavy atom. The van der Waals surface area contributed by atoms with E-state index >= 15 is 0 Å². The molecule has 1 fully saturated rings. The fourth-order valence-corrected chi connectivity index (χ4v) is 3.85. The number of likely N-dealkylation sites (N-methyl/N-ethyl adjacent to an activating group) is 2. The number of hydrogen-bond donors (Lipinski definition) is 1. The highest BCUT2D eigenvalue weighted by molar-refractivity contribution is 6.30. The molecule has 0 atom stereocenters. The van der Waals surface area contributed by atoms with Crippen molar-refractivity contribution >= 4 is 28.9 Å². The summed E-state index contributed by atoms with van der Waals surface area (Å²) in [5.74, 6) is -0.368. The van der Waals surface area contributed by atoms with Gasteiger partial charge in [0.1, 0.15) is 0 Å². The number of piperazine rings is 1. The topological polar surface area (TPSA) is 56.1 Å². The molecule has 162 valence electrons. The Morgan fingerprint density at radius 1 is 1.00 bits per heavy atom. The SMILES string of the molecule is CN(C)CCN(C)c1ccc(C(N)=O)c(CN2CCN(c3ccc(Cl)cc3)CC2)c1. The molecule has 3 rings (SSSR count). The van der Waals surface area contributed by atoms with Crippen LogP contribution >= 0.6 is 11.6 Å². The first kappa shape index (κ1) is 22.4. The van der Waals surface area contributed by atoms with Gasteiger partial charge in [-0.15, -0.1) is 0 Å². The summed E-state index contributed by atoms with van der Waals surface area (Å²) in [5.41, 5.74) is 9.57. The third-order valence-electron chi connectivity index (χ3n) is 5.64. The number of carbonyl (C=O) groups is 1. The van der Waals surface area contributed by atoms with E-state index in [1.165, 1.54) is 5.69 Å². The van der Waals surface area contributed by atoms with Crippen molar-refractivity contribution in [3.05, 3.63) is 58.6 Å². The molecular formula is C23H32ClN5O. The first-order valence-electron chi connectivity index (χ1n) is 10.3. The second-order valence-corrected chi connectivity index (χ2v) is 8.61. The van der Waals surface area contributed by atoms with Gasteiger partial charge in [0.05, 0.1) is 0 Å². The van der Waals surface area contributed by atoms with Gasteiger partial charge in [0, 0.05) is 74.8 Å². The summed E-state index contributed by atoms with van der Waals surface area (Å²) in [6, 6.07) is 14.0. The lowest BCUT2D eigenvalue weighted by atomic mass is 10.0. The number of anilines is 2. The van der Waals surface area contributed by atoms with Crippen LogP contribution in [-0.2, 0) is 6.54 Å². The van der Waals surface area contributed by atoms with E-state index in [0.717, 1.165) is 62.1 Å². The van der Waals surface area contributed by atoms with Crippen molar-refractivity contribution in [1.29, 1.82) is 0 Å². The zero-order chi connectivity index (χ0) is 21.7. The minimum absolute atomic E-state index is 0.368. The molecule has 7 heteroatoms. The number of primary amides is 1. The molecule has 1 aliphatic rings. The Kier molecular flexibility index (Phi) is 7.58. The molecule has 2 aromatic carbocycles. The molecule has 1 saturated heterocycles. The summed E-state index contributed by atoms with van der Waals surface area (Å²) in [6.45, 7) is 6.36. The van der Waals surface area contributed by atoms with E-state index in [4.69, 9.17) is 17.3 Å². The van der Waals surface area contributed by atoms with Crippen LogP contribution in [0, 0.1) is 0 Å². The predicted octanol–water partition coefficient (Wildman–Crippen LogP) is 2.76. The summed E-state index contributed by atoms with van der Waals surface area (Å²) < 4.78 is 0. The molecule has 1 heterocycles. The van der Waals surface area contributed by atoms with Gasteiger partial charge in [-0.2, -0.15) is 0 Å². The van der Waals surface area contributed by atoms with E-state index in [2.05, 4.69) is 58.9 Å². The van der Waals surface area contributed by atoms with Gasteiger partial charge in [-0.1, -0.05) is 11.6 Å². The Hall–Kier alpha value is -2.28. The summed E-state index contributed by atoms with van der Waals surface area (Å²) in [4.78, 5) is 21.1. The molecule has 30 heavy (non-hydrogen) atoms. The molecular weight excluding hydrogens is 398 g/mol. The van der Waals surface area contributed by atoms with Crippen molar-refractivity contribution in [1.82, 2.24) is 9.80 Å².